The van der Waals surface area contributed by atoms with Crippen molar-refractivity contribution >= 4 is 11.9 Å². The zero-order valence-electron chi connectivity index (χ0n) is 12.4. The maximum Gasteiger partial charge on any atom is 0.435 e. The third kappa shape index (κ3) is 4.83. The van der Waals surface area contributed by atoms with E-state index in [4.69, 9.17) is 5.11 Å². The summed E-state index contributed by atoms with van der Waals surface area (Å²) in [4.78, 5) is 24.2. The number of alkyl halides is 3. The molecule has 1 amide bonds. The Morgan fingerprint density at radius 2 is 1.83 bits per heavy atom. The summed E-state index contributed by atoms with van der Waals surface area (Å²) < 4.78 is 38.4. The highest BCUT2D eigenvalue weighted by Gasteiger charge is 2.33. The number of carboxylic acids is 1. The van der Waals surface area contributed by atoms with Gasteiger partial charge in [0.15, 0.2) is 5.69 Å². The van der Waals surface area contributed by atoms with E-state index in [-0.39, 0.29) is 6.54 Å². The quantitative estimate of drug-likeness (QED) is 0.872. The van der Waals surface area contributed by atoms with E-state index in [1.165, 1.54) is 0 Å². The molecule has 0 bridgehead atoms. The molecule has 0 aliphatic rings. The molecule has 2 rings (SSSR count). The van der Waals surface area contributed by atoms with E-state index in [2.05, 4.69) is 5.10 Å². The summed E-state index contributed by atoms with van der Waals surface area (Å²) in [5, 5.41) is 12.2. The summed E-state index contributed by atoms with van der Waals surface area (Å²) in [5.41, 5.74) is -0.397. The number of carboxylic acid groups (broad SMARTS) is 1. The first-order valence-corrected chi connectivity index (χ1v) is 6.90. The standard InChI is InChI=1S/C15H14F3N3O3/c16-15(17,18)12-6-7-21(19-12)9-13(22)20(10-14(23)24)8-11-4-2-1-3-5-11/h1-7H,8-10H2,(H,23,24). The van der Waals surface area contributed by atoms with Gasteiger partial charge in [0, 0.05) is 12.7 Å². The number of carbonyl (C=O) groups is 2. The topological polar surface area (TPSA) is 75.4 Å². The number of rotatable bonds is 6. The van der Waals surface area contributed by atoms with E-state index in [0.29, 0.717) is 5.56 Å². The van der Waals surface area contributed by atoms with E-state index in [1.807, 2.05) is 0 Å². The summed E-state index contributed by atoms with van der Waals surface area (Å²) in [6.07, 6.45) is -3.57. The van der Waals surface area contributed by atoms with Crippen molar-refractivity contribution in [1.29, 1.82) is 0 Å². The van der Waals surface area contributed by atoms with Crippen LogP contribution in [0.2, 0.25) is 0 Å². The lowest BCUT2D eigenvalue weighted by atomic mass is 10.2. The third-order valence-corrected chi connectivity index (χ3v) is 3.12. The maximum atomic E-state index is 12.5. The van der Waals surface area contributed by atoms with Gasteiger partial charge >= 0.3 is 12.1 Å². The van der Waals surface area contributed by atoms with E-state index >= 15 is 0 Å². The number of benzene rings is 1. The molecule has 1 N–H and O–H groups in total. The van der Waals surface area contributed by atoms with Crippen LogP contribution in [0.15, 0.2) is 42.6 Å². The van der Waals surface area contributed by atoms with Crippen LogP contribution in [0.25, 0.3) is 0 Å². The number of carbonyl (C=O) groups excluding carboxylic acids is 1. The first kappa shape index (κ1) is 17.5. The molecule has 0 saturated carbocycles. The summed E-state index contributed by atoms with van der Waals surface area (Å²) in [5.74, 6) is -1.85. The van der Waals surface area contributed by atoms with Gasteiger partial charge < -0.3 is 10.0 Å². The van der Waals surface area contributed by atoms with Crippen molar-refractivity contribution in [3.05, 3.63) is 53.9 Å². The van der Waals surface area contributed by atoms with Gasteiger partial charge in [-0.3, -0.25) is 14.3 Å². The highest BCUT2D eigenvalue weighted by Crippen LogP contribution is 2.27. The van der Waals surface area contributed by atoms with Crippen molar-refractivity contribution < 1.29 is 27.9 Å². The molecule has 0 saturated heterocycles. The Balaban J connectivity index is 2.10. The molecule has 0 aliphatic heterocycles. The van der Waals surface area contributed by atoms with Crippen LogP contribution in [0.4, 0.5) is 13.2 Å². The maximum absolute atomic E-state index is 12.5. The lowest BCUT2D eigenvalue weighted by molar-refractivity contribution is -0.145. The van der Waals surface area contributed by atoms with Crippen molar-refractivity contribution in [2.75, 3.05) is 6.54 Å². The minimum atomic E-state index is -4.60. The predicted molar refractivity (Wildman–Crippen MR) is 76.7 cm³/mol. The molecule has 0 spiro atoms. The Hall–Kier alpha value is -2.84. The lowest BCUT2D eigenvalue weighted by Crippen LogP contribution is -2.37. The fraction of sp³-hybridized carbons (Fsp3) is 0.267. The normalized spacial score (nSPS) is 11.3. The van der Waals surface area contributed by atoms with E-state index in [0.717, 1.165) is 21.8 Å². The molecule has 1 aromatic carbocycles. The van der Waals surface area contributed by atoms with Crippen LogP contribution in [-0.2, 0) is 28.9 Å². The Morgan fingerprint density at radius 1 is 1.17 bits per heavy atom. The largest absolute Gasteiger partial charge is 0.480 e. The Kier molecular flexibility index (Phi) is 5.22. The van der Waals surface area contributed by atoms with Crippen LogP contribution >= 0.6 is 0 Å². The molecule has 1 heterocycles. The van der Waals surface area contributed by atoms with Gasteiger partial charge in [0.05, 0.1) is 0 Å². The molecule has 0 unspecified atom stereocenters. The second kappa shape index (κ2) is 7.16. The monoisotopic (exact) mass is 341 g/mol. The van der Waals surface area contributed by atoms with Crippen molar-refractivity contribution in [3.63, 3.8) is 0 Å². The van der Waals surface area contributed by atoms with Gasteiger partial charge in [-0.25, -0.2) is 0 Å². The molecular formula is C15H14F3N3O3. The number of amides is 1. The van der Waals surface area contributed by atoms with Crippen LogP contribution in [0.5, 0.6) is 0 Å². The molecule has 0 radical (unpaired) electrons. The number of hydrogen-bond donors (Lipinski definition) is 1. The Bertz CT molecular complexity index is 713. The third-order valence-electron chi connectivity index (χ3n) is 3.12. The molecule has 0 fully saturated rings. The zero-order chi connectivity index (χ0) is 17.7. The average Bonchev–Trinajstić information content (AvgIpc) is 2.96. The molecule has 1 aromatic heterocycles. The molecule has 2 aromatic rings. The van der Waals surface area contributed by atoms with E-state index in [1.54, 1.807) is 30.3 Å². The van der Waals surface area contributed by atoms with Crippen molar-refractivity contribution in [2.45, 2.75) is 19.3 Å². The highest BCUT2D eigenvalue weighted by molar-refractivity contribution is 5.81. The Morgan fingerprint density at radius 3 is 2.38 bits per heavy atom. The molecule has 9 heteroatoms. The summed E-state index contributed by atoms with van der Waals surface area (Å²) in [6, 6.07) is 9.45. The zero-order valence-corrected chi connectivity index (χ0v) is 12.4. The average molecular weight is 341 g/mol. The number of halogens is 3. The second-order valence-corrected chi connectivity index (χ2v) is 5.03. The number of nitrogens with zero attached hydrogens (tertiary/aromatic N) is 3. The van der Waals surface area contributed by atoms with Gasteiger partial charge in [-0.05, 0) is 11.6 Å². The Labute approximate surface area is 135 Å². The lowest BCUT2D eigenvalue weighted by Gasteiger charge is -2.21. The predicted octanol–water partition coefficient (Wildman–Crippen LogP) is 2.02. The van der Waals surface area contributed by atoms with Crippen LogP contribution in [0.1, 0.15) is 11.3 Å². The number of aliphatic carboxylic acids is 1. The molecule has 0 atom stereocenters. The fourth-order valence-electron chi connectivity index (χ4n) is 2.04. The number of aromatic nitrogens is 2. The summed E-state index contributed by atoms with van der Waals surface area (Å²) >= 11 is 0. The smallest absolute Gasteiger partial charge is 0.435 e. The first-order chi connectivity index (χ1) is 11.3. The molecule has 0 aliphatic carbocycles. The van der Waals surface area contributed by atoms with Crippen LogP contribution in [0.3, 0.4) is 0 Å². The fourth-order valence-corrected chi connectivity index (χ4v) is 2.04. The molecule has 6 nitrogen and oxygen atoms in total. The van der Waals surface area contributed by atoms with Crippen LogP contribution in [-0.4, -0.2) is 38.2 Å². The van der Waals surface area contributed by atoms with Crippen molar-refractivity contribution in [1.82, 2.24) is 14.7 Å². The first-order valence-electron chi connectivity index (χ1n) is 6.90. The highest BCUT2D eigenvalue weighted by atomic mass is 19.4. The van der Waals surface area contributed by atoms with Crippen LogP contribution in [0, 0.1) is 0 Å². The van der Waals surface area contributed by atoms with Gasteiger partial charge in [0.2, 0.25) is 5.91 Å². The van der Waals surface area contributed by atoms with Gasteiger partial charge in [-0.1, -0.05) is 30.3 Å². The molecular weight excluding hydrogens is 327 g/mol. The minimum absolute atomic E-state index is 0.0410. The summed E-state index contributed by atoms with van der Waals surface area (Å²) in [7, 11) is 0. The van der Waals surface area contributed by atoms with Crippen LogP contribution < -0.4 is 0 Å². The van der Waals surface area contributed by atoms with Crippen molar-refractivity contribution in [3.8, 4) is 0 Å². The number of hydrogen-bond acceptors (Lipinski definition) is 3. The second-order valence-electron chi connectivity index (χ2n) is 5.03. The molecule has 24 heavy (non-hydrogen) atoms. The van der Waals surface area contributed by atoms with Crippen molar-refractivity contribution in [2.24, 2.45) is 0 Å². The van der Waals surface area contributed by atoms with Gasteiger partial charge in [0.25, 0.3) is 0 Å². The van der Waals surface area contributed by atoms with Gasteiger partial charge in [-0.15, -0.1) is 0 Å². The SMILES string of the molecule is O=C(O)CN(Cc1ccccc1)C(=O)Cn1ccc(C(F)(F)F)n1. The van der Waals surface area contributed by atoms with Gasteiger partial charge in [-0.2, -0.15) is 18.3 Å². The minimum Gasteiger partial charge on any atom is -0.480 e. The summed E-state index contributed by atoms with van der Waals surface area (Å²) in [6.45, 7) is -0.989. The molecule has 128 valence electrons. The van der Waals surface area contributed by atoms with E-state index in [9.17, 15) is 22.8 Å². The van der Waals surface area contributed by atoms with Gasteiger partial charge in [0.1, 0.15) is 13.1 Å². The van der Waals surface area contributed by atoms with E-state index < -0.39 is 36.8 Å².